The second-order valence-electron chi connectivity index (χ2n) is 4.14. The molecule has 3 rings (SSSR count). The topological polar surface area (TPSA) is 43.4 Å². The summed E-state index contributed by atoms with van der Waals surface area (Å²) < 4.78 is 5.15. The molecule has 0 fully saturated rings. The number of carbonyl (C=O) groups is 2. The van der Waals surface area contributed by atoms with Crippen molar-refractivity contribution in [2.24, 2.45) is 0 Å². The molecule has 1 aliphatic rings. The number of rotatable bonds is 1. The lowest BCUT2D eigenvalue weighted by atomic mass is 9.90. The molecule has 2 aromatic carbocycles. The van der Waals surface area contributed by atoms with Gasteiger partial charge in [-0.2, -0.15) is 0 Å². The monoisotopic (exact) mass is 238 g/mol. The van der Waals surface area contributed by atoms with Gasteiger partial charge in [-0.15, -0.1) is 0 Å². The van der Waals surface area contributed by atoms with Gasteiger partial charge in [-0.1, -0.05) is 6.07 Å². The van der Waals surface area contributed by atoms with E-state index in [2.05, 4.69) is 0 Å². The van der Waals surface area contributed by atoms with Crippen molar-refractivity contribution in [3.63, 3.8) is 0 Å². The lowest BCUT2D eigenvalue weighted by molar-refractivity contribution is 0.0995. The van der Waals surface area contributed by atoms with E-state index in [1.54, 1.807) is 19.2 Å². The van der Waals surface area contributed by atoms with Crippen molar-refractivity contribution >= 4 is 22.3 Å². The van der Waals surface area contributed by atoms with Crippen molar-refractivity contribution in [3.05, 3.63) is 53.6 Å². The third-order valence-corrected chi connectivity index (χ3v) is 3.12. The van der Waals surface area contributed by atoms with Gasteiger partial charge in [-0.25, -0.2) is 0 Å². The van der Waals surface area contributed by atoms with Crippen LogP contribution in [0.3, 0.4) is 0 Å². The smallest absolute Gasteiger partial charge is 0.187 e. The second-order valence-corrected chi connectivity index (χ2v) is 4.14. The van der Waals surface area contributed by atoms with Crippen LogP contribution in [0.15, 0.2) is 42.5 Å². The van der Waals surface area contributed by atoms with E-state index < -0.39 is 0 Å². The van der Waals surface area contributed by atoms with E-state index in [-0.39, 0.29) is 11.6 Å². The number of carbonyl (C=O) groups excluding carboxylic acids is 2. The SMILES string of the molecule is COc1ccc2c3c(ccc2c1)C(=O)C=CC3=O. The molecule has 0 radical (unpaired) electrons. The Hall–Kier alpha value is -2.42. The Labute approximate surface area is 104 Å². The Kier molecular flexibility index (Phi) is 2.27. The Morgan fingerprint density at radius 1 is 0.944 bits per heavy atom. The highest BCUT2D eigenvalue weighted by Crippen LogP contribution is 2.29. The molecule has 0 amide bonds. The summed E-state index contributed by atoms with van der Waals surface area (Å²) in [4.78, 5) is 23.7. The molecule has 18 heavy (non-hydrogen) atoms. The average Bonchev–Trinajstić information content (AvgIpc) is 2.41. The minimum absolute atomic E-state index is 0.123. The number of allylic oxidation sites excluding steroid dienone is 2. The molecule has 0 bridgehead atoms. The Morgan fingerprint density at radius 2 is 1.72 bits per heavy atom. The average molecular weight is 238 g/mol. The van der Waals surface area contributed by atoms with Gasteiger partial charge < -0.3 is 4.74 Å². The molecule has 3 nitrogen and oxygen atoms in total. The van der Waals surface area contributed by atoms with Crippen LogP contribution in [0.2, 0.25) is 0 Å². The molecule has 0 saturated carbocycles. The number of hydrogen-bond acceptors (Lipinski definition) is 3. The Bertz CT molecular complexity index is 711. The summed E-state index contributed by atoms with van der Waals surface area (Å²) in [6.45, 7) is 0. The Morgan fingerprint density at radius 3 is 2.50 bits per heavy atom. The van der Waals surface area contributed by atoms with Crippen LogP contribution in [0.5, 0.6) is 5.75 Å². The van der Waals surface area contributed by atoms with E-state index >= 15 is 0 Å². The summed E-state index contributed by atoms with van der Waals surface area (Å²) in [5, 5.41) is 1.68. The molecule has 1 aliphatic carbocycles. The fourth-order valence-electron chi connectivity index (χ4n) is 2.23. The van der Waals surface area contributed by atoms with E-state index in [1.807, 2.05) is 18.2 Å². The molecule has 0 spiro atoms. The predicted octanol–water partition coefficient (Wildman–Crippen LogP) is 2.78. The van der Waals surface area contributed by atoms with E-state index in [0.29, 0.717) is 11.1 Å². The zero-order valence-electron chi connectivity index (χ0n) is 9.77. The van der Waals surface area contributed by atoms with Crippen molar-refractivity contribution in [3.8, 4) is 5.75 Å². The number of methoxy groups -OCH3 is 1. The zero-order valence-corrected chi connectivity index (χ0v) is 9.77. The number of benzene rings is 2. The van der Waals surface area contributed by atoms with Crippen molar-refractivity contribution in [2.75, 3.05) is 7.11 Å². The predicted molar refractivity (Wildman–Crippen MR) is 68.3 cm³/mol. The lowest BCUT2D eigenvalue weighted by Gasteiger charge is -2.12. The zero-order chi connectivity index (χ0) is 12.7. The number of ketones is 2. The number of fused-ring (bicyclic) bond motifs is 3. The number of ether oxygens (including phenoxy) is 1. The highest BCUT2D eigenvalue weighted by atomic mass is 16.5. The first kappa shape index (κ1) is 10.7. The number of hydrogen-bond donors (Lipinski definition) is 0. The quantitative estimate of drug-likeness (QED) is 0.767. The first-order valence-electron chi connectivity index (χ1n) is 5.58. The fourth-order valence-corrected chi connectivity index (χ4v) is 2.23. The lowest BCUT2D eigenvalue weighted by Crippen LogP contribution is -2.11. The van der Waals surface area contributed by atoms with Gasteiger partial charge in [0.25, 0.3) is 0 Å². The minimum atomic E-state index is -0.125. The highest BCUT2D eigenvalue weighted by molar-refractivity contribution is 6.26. The molecule has 3 heteroatoms. The van der Waals surface area contributed by atoms with E-state index in [0.717, 1.165) is 16.5 Å². The molecule has 0 heterocycles. The van der Waals surface area contributed by atoms with Crippen LogP contribution in [0, 0.1) is 0 Å². The Balaban J connectivity index is 2.37. The van der Waals surface area contributed by atoms with Gasteiger partial charge in [-0.05, 0) is 47.2 Å². The standard InChI is InChI=1S/C15H10O3/c1-18-10-3-5-11-9(8-10)2-4-12-13(16)6-7-14(17)15(11)12/h2-8H,1H3. The van der Waals surface area contributed by atoms with Crippen LogP contribution in [-0.4, -0.2) is 18.7 Å². The van der Waals surface area contributed by atoms with Gasteiger partial charge in [0.1, 0.15) is 5.75 Å². The van der Waals surface area contributed by atoms with Gasteiger partial charge in [0.15, 0.2) is 11.6 Å². The highest BCUT2D eigenvalue weighted by Gasteiger charge is 2.21. The summed E-state index contributed by atoms with van der Waals surface area (Å²) in [7, 11) is 1.59. The van der Waals surface area contributed by atoms with Crippen molar-refractivity contribution in [2.45, 2.75) is 0 Å². The van der Waals surface area contributed by atoms with Crippen LogP contribution in [-0.2, 0) is 0 Å². The maximum absolute atomic E-state index is 11.9. The molecule has 0 atom stereocenters. The molecule has 0 saturated heterocycles. The molecular weight excluding hydrogens is 228 g/mol. The molecule has 0 N–H and O–H groups in total. The summed E-state index contributed by atoms with van der Waals surface area (Å²) in [6.07, 6.45) is 2.65. The van der Waals surface area contributed by atoms with Crippen LogP contribution in [0.1, 0.15) is 20.7 Å². The normalized spacial score (nSPS) is 13.8. The van der Waals surface area contributed by atoms with E-state index in [1.165, 1.54) is 12.2 Å². The first-order chi connectivity index (χ1) is 8.70. The van der Waals surface area contributed by atoms with E-state index in [4.69, 9.17) is 4.74 Å². The largest absolute Gasteiger partial charge is 0.497 e. The third kappa shape index (κ3) is 1.44. The van der Waals surface area contributed by atoms with Crippen LogP contribution >= 0.6 is 0 Å². The van der Waals surface area contributed by atoms with Crippen LogP contribution in [0.4, 0.5) is 0 Å². The van der Waals surface area contributed by atoms with Crippen LogP contribution < -0.4 is 4.74 Å². The van der Waals surface area contributed by atoms with Gasteiger partial charge in [-0.3, -0.25) is 9.59 Å². The van der Waals surface area contributed by atoms with Crippen molar-refractivity contribution < 1.29 is 14.3 Å². The maximum Gasteiger partial charge on any atom is 0.187 e. The minimum Gasteiger partial charge on any atom is -0.497 e. The molecule has 88 valence electrons. The summed E-state index contributed by atoms with van der Waals surface area (Å²) in [5.41, 5.74) is 0.961. The van der Waals surface area contributed by atoms with E-state index in [9.17, 15) is 9.59 Å². The third-order valence-electron chi connectivity index (χ3n) is 3.12. The van der Waals surface area contributed by atoms with Crippen molar-refractivity contribution in [1.82, 2.24) is 0 Å². The summed E-state index contributed by atoms with van der Waals surface area (Å²) in [6, 6.07) is 8.99. The van der Waals surface area contributed by atoms with Crippen molar-refractivity contribution in [1.29, 1.82) is 0 Å². The molecule has 0 aliphatic heterocycles. The summed E-state index contributed by atoms with van der Waals surface area (Å²) >= 11 is 0. The summed E-state index contributed by atoms with van der Waals surface area (Å²) in [5.74, 6) is 0.482. The van der Waals surface area contributed by atoms with Gasteiger partial charge in [0.05, 0.1) is 7.11 Å². The first-order valence-corrected chi connectivity index (χ1v) is 5.58. The fraction of sp³-hybridized carbons (Fsp3) is 0.0667. The molecular formula is C15H10O3. The van der Waals surface area contributed by atoms with Gasteiger partial charge >= 0.3 is 0 Å². The van der Waals surface area contributed by atoms with Crippen LogP contribution in [0.25, 0.3) is 10.8 Å². The van der Waals surface area contributed by atoms with Gasteiger partial charge in [0.2, 0.25) is 0 Å². The molecule has 0 unspecified atom stereocenters. The molecule has 0 aromatic heterocycles. The second kappa shape index (κ2) is 3.81. The van der Waals surface area contributed by atoms with Gasteiger partial charge in [0, 0.05) is 11.1 Å². The maximum atomic E-state index is 11.9. The molecule has 2 aromatic rings.